The minimum absolute atomic E-state index is 0.00132. The molecule has 6 heteroatoms. The third kappa shape index (κ3) is 11.2. The summed E-state index contributed by atoms with van der Waals surface area (Å²) in [5.74, 6) is 0.760. The zero-order valence-corrected chi connectivity index (χ0v) is 44.6. The van der Waals surface area contributed by atoms with E-state index in [0.717, 1.165) is 72.5 Å². The normalized spacial score (nSPS) is 16.2. The van der Waals surface area contributed by atoms with Crippen LogP contribution in [0.3, 0.4) is 0 Å². The van der Waals surface area contributed by atoms with Gasteiger partial charge in [0.1, 0.15) is 0 Å². The molecular weight excluding hydrogens is 857 g/mol. The van der Waals surface area contributed by atoms with Crippen molar-refractivity contribution in [2.24, 2.45) is 11.8 Å². The van der Waals surface area contributed by atoms with E-state index >= 15 is 9.59 Å². The van der Waals surface area contributed by atoms with Gasteiger partial charge in [0.05, 0.1) is 32.3 Å². The Morgan fingerprint density at radius 2 is 0.955 bits per heavy atom. The van der Waals surface area contributed by atoms with Crippen molar-refractivity contribution in [1.29, 1.82) is 0 Å². The van der Waals surface area contributed by atoms with E-state index < -0.39 is 0 Å². The molecule has 362 valence electrons. The number of carbonyl (C=O) groups excluding carboxylic acids is 2. The Morgan fingerprint density at radius 3 is 1.46 bits per heavy atom. The van der Waals surface area contributed by atoms with Crippen molar-refractivity contribution in [3.05, 3.63) is 103 Å². The van der Waals surface area contributed by atoms with E-state index in [9.17, 15) is 0 Å². The molecule has 7 rings (SSSR count). The molecule has 2 aromatic carbocycles. The van der Waals surface area contributed by atoms with E-state index in [1.807, 2.05) is 9.80 Å². The molecule has 0 N–H and O–H groups in total. The maximum Gasteiger partial charge on any atom is 0.261 e. The SMILES string of the molecule is CCCCCCCCC1(CCCCCCCC)c2cc(C)ccc2-c2ccc(-c3ccc(C4=C5C(=O)N(CC(CC)CCCC)C(c6ccc(C)s6)=C5C(=O)N4CC(CC)CCCC)s3)cc21. The van der Waals surface area contributed by atoms with Crippen LogP contribution >= 0.6 is 22.7 Å². The lowest BCUT2D eigenvalue weighted by Crippen LogP contribution is -2.34. The standard InChI is InChI=1S/C61H84N2O2S2/c1-9-15-19-21-23-25-37-61(38-26-24-22-20-16-10-2)50-39-43(7)29-32-48(50)49-33-31-47(40-51(49)61)52-35-36-54(67-52)58-56-55(59(64)63(58)42-46(14-6)28-18-12-4)57(53-34-30-44(8)66-53)62(60(56)65)41-45(13-5)27-17-11-3/h29-36,39-40,45-46H,9-28,37-38,41-42H2,1-8H3. The van der Waals surface area contributed by atoms with Gasteiger partial charge in [-0.15, -0.1) is 22.7 Å². The number of nitrogens with zero attached hydrogens (tertiary/aromatic N) is 2. The summed E-state index contributed by atoms with van der Waals surface area (Å²) in [6, 6.07) is 23.4. The molecule has 0 spiro atoms. The first kappa shape index (κ1) is 51.1. The highest BCUT2D eigenvalue weighted by atomic mass is 32.1. The lowest BCUT2D eigenvalue weighted by Gasteiger charge is -2.33. The number of aryl methyl sites for hydroxylation is 2. The molecule has 0 bridgehead atoms. The highest BCUT2D eigenvalue weighted by Crippen LogP contribution is 2.56. The summed E-state index contributed by atoms with van der Waals surface area (Å²) in [5, 5.41) is 0. The van der Waals surface area contributed by atoms with Crippen LogP contribution in [0.15, 0.2) is 71.8 Å². The predicted molar refractivity (Wildman–Crippen MR) is 290 cm³/mol. The zero-order chi connectivity index (χ0) is 47.5. The summed E-state index contributed by atoms with van der Waals surface area (Å²) in [6.07, 6.45) is 26.8. The van der Waals surface area contributed by atoms with Gasteiger partial charge in [-0.3, -0.25) is 9.59 Å². The third-order valence-corrected chi connectivity index (χ3v) is 17.8. The first-order valence-corrected chi connectivity index (χ1v) is 28.8. The minimum Gasteiger partial charge on any atom is -0.306 e. The summed E-state index contributed by atoms with van der Waals surface area (Å²) >= 11 is 3.48. The zero-order valence-electron chi connectivity index (χ0n) is 42.9. The molecular formula is C61H84N2O2S2. The largest absolute Gasteiger partial charge is 0.306 e. The first-order chi connectivity index (χ1) is 32.6. The molecule has 3 aliphatic rings. The second kappa shape index (κ2) is 24.2. The van der Waals surface area contributed by atoms with Crippen LogP contribution in [0.25, 0.3) is 33.0 Å². The van der Waals surface area contributed by atoms with Crippen LogP contribution in [0.5, 0.6) is 0 Å². The summed E-state index contributed by atoms with van der Waals surface area (Å²) in [7, 11) is 0. The third-order valence-electron chi connectivity index (χ3n) is 15.7. The maximum atomic E-state index is 15.3. The molecule has 0 saturated carbocycles. The number of unbranched alkanes of at least 4 members (excludes halogenated alkanes) is 12. The fraction of sp³-hybridized carbons (Fsp3) is 0.574. The second-order valence-corrected chi connectivity index (χ2v) is 23.0. The molecule has 2 amide bonds. The van der Waals surface area contributed by atoms with Crippen LogP contribution in [-0.4, -0.2) is 34.7 Å². The maximum absolute atomic E-state index is 15.3. The van der Waals surface area contributed by atoms with Gasteiger partial charge < -0.3 is 9.80 Å². The van der Waals surface area contributed by atoms with Crippen molar-refractivity contribution in [3.8, 4) is 21.6 Å². The first-order valence-electron chi connectivity index (χ1n) is 27.2. The van der Waals surface area contributed by atoms with E-state index in [4.69, 9.17) is 0 Å². The van der Waals surface area contributed by atoms with Crippen LogP contribution in [0.4, 0.5) is 0 Å². The van der Waals surface area contributed by atoms with Crippen LogP contribution in [0.1, 0.15) is 214 Å². The topological polar surface area (TPSA) is 40.6 Å². The molecule has 2 aliphatic heterocycles. The van der Waals surface area contributed by atoms with Gasteiger partial charge in [-0.2, -0.15) is 0 Å². The molecule has 4 nitrogen and oxygen atoms in total. The molecule has 67 heavy (non-hydrogen) atoms. The van der Waals surface area contributed by atoms with E-state index in [0.29, 0.717) is 36.1 Å². The molecule has 4 aromatic rings. The second-order valence-electron chi connectivity index (χ2n) is 20.6. The highest BCUT2D eigenvalue weighted by molar-refractivity contribution is 7.16. The van der Waals surface area contributed by atoms with E-state index in [2.05, 4.69) is 116 Å². The van der Waals surface area contributed by atoms with Gasteiger partial charge in [0.15, 0.2) is 0 Å². The van der Waals surface area contributed by atoms with Crippen LogP contribution in [-0.2, 0) is 15.0 Å². The Hall–Kier alpha value is -3.74. The number of fused-ring (bicyclic) bond motifs is 4. The molecule has 0 fully saturated rings. The Labute approximate surface area is 414 Å². The van der Waals surface area contributed by atoms with Gasteiger partial charge in [-0.25, -0.2) is 0 Å². The molecule has 2 atom stereocenters. The lowest BCUT2D eigenvalue weighted by atomic mass is 9.70. The lowest BCUT2D eigenvalue weighted by molar-refractivity contribution is -0.124. The van der Waals surface area contributed by atoms with Crippen LogP contribution < -0.4 is 0 Å². The predicted octanol–water partition coefficient (Wildman–Crippen LogP) is 18.1. The van der Waals surface area contributed by atoms with Crippen molar-refractivity contribution in [2.45, 2.75) is 202 Å². The molecule has 2 aromatic heterocycles. The van der Waals surface area contributed by atoms with Crippen molar-refractivity contribution < 1.29 is 9.59 Å². The van der Waals surface area contributed by atoms with E-state index in [1.54, 1.807) is 28.2 Å². The number of benzene rings is 2. The van der Waals surface area contributed by atoms with Gasteiger partial charge in [0, 0.05) is 28.3 Å². The Balaban J connectivity index is 1.32. The summed E-state index contributed by atoms with van der Waals surface area (Å²) in [4.78, 5) is 39.1. The summed E-state index contributed by atoms with van der Waals surface area (Å²) < 4.78 is 0. The monoisotopic (exact) mass is 941 g/mol. The minimum atomic E-state index is -0.00132. The van der Waals surface area contributed by atoms with Gasteiger partial charge in [0.2, 0.25) is 0 Å². The van der Waals surface area contributed by atoms with Crippen LogP contribution in [0, 0.1) is 25.7 Å². The molecule has 2 unspecified atom stereocenters. The van der Waals surface area contributed by atoms with Gasteiger partial charge in [-0.1, -0.05) is 193 Å². The Bertz CT molecular complexity index is 2340. The number of rotatable bonds is 29. The molecule has 0 radical (unpaired) electrons. The van der Waals surface area contributed by atoms with Crippen LogP contribution in [0.2, 0.25) is 0 Å². The van der Waals surface area contributed by atoms with E-state index in [-0.39, 0.29) is 17.2 Å². The number of carbonyl (C=O) groups is 2. The smallest absolute Gasteiger partial charge is 0.261 e. The van der Waals surface area contributed by atoms with E-state index in [1.165, 1.54) is 127 Å². The molecule has 4 heterocycles. The summed E-state index contributed by atoms with van der Waals surface area (Å²) in [5.41, 5.74) is 11.5. The number of hydrogen-bond donors (Lipinski definition) is 0. The number of thiophene rings is 2. The van der Waals surface area contributed by atoms with Crippen molar-refractivity contribution in [2.75, 3.05) is 13.1 Å². The molecule has 1 aliphatic carbocycles. The quantitative estimate of drug-likeness (QED) is 0.0509. The van der Waals surface area contributed by atoms with Gasteiger partial charge in [0.25, 0.3) is 11.8 Å². The van der Waals surface area contributed by atoms with Crippen molar-refractivity contribution >= 4 is 45.9 Å². The van der Waals surface area contributed by atoms with Crippen molar-refractivity contribution in [1.82, 2.24) is 9.80 Å². The van der Waals surface area contributed by atoms with Crippen molar-refractivity contribution in [3.63, 3.8) is 0 Å². The highest BCUT2D eigenvalue weighted by Gasteiger charge is 2.50. The number of amides is 2. The Kier molecular flexibility index (Phi) is 18.5. The molecule has 0 saturated heterocycles. The van der Waals surface area contributed by atoms with Gasteiger partial charge in [-0.05, 0) is 110 Å². The average Bonchev–Trinajstić information content (AvgIpc) is 4.16. The Morgan fingerprint density at radius 1 is 0.493 bits per heavy atom. The fourth-order valence-corrected chi connectivity index (χ4v) is 13.6. The fourth-order valence-electron chi connectivity index (χ4n) is 11.6. The average molecular weight is 941 g/mol. The number of hydrogen-bond acceptors (Lipinski definition) is 4. The summed E-state index contributed by atoms with van der Waals surface area (Å²) in [6.45, 7) is 19.3. The van der Waals surface area contributed by atoms with Gasteiger partial charge >= 0.3 is 0 Å².